The molecule has 0 aliphatic rings. The van der Waals surface area contributed by atoms with Crippen molar-refractivity contribution in [1.29, 1.82) is 0 Å². The quantitative estimate of drug-likeness (QED) is 0.724. The molecule has 0 aliphatic carbocycles. The number of hydrogen-bond donors (Lipinski definition) is 2. The van der Waals surface area contributed by atoms with Crippen molar-refractivity contribution in [3.05, 3.63) is 52.5 Å². The third-order valence-electron chi connectivity index (χ3n) is 3.94. The Labute approximate surface area is 136 Å². The lowest BCUT2D eigenvalue weighted by molar-refractivity contribution is 0.591. The first-order valence-electron chi connectivity index (χ1n) is 7.43. The van der Waals surface area contributed by atoms with Crippen LogP contribution in [0, 0.1) is 11.6 Å². The van der Waals surface area contributed by atoms with Crippen LogP contribution in [0.15, 0.2) is 35.3 Å². The molecule has 124 valence electrons. The predicted octanol–water partition coefficient (Wildman–Crippen LogP) is 2.99. The van der Waals surface area contributed by atoms with Crippen molar-refractivity contribution in [1.82, 2.24) is 9.55 Å². The lowest BCUT2D eigenvalue weighted by Gasteiger charge is -2.13. The number of nitrogens with one attached hydrogen (secondary N) is 1. The number of nitrogen functional groups attached to an aromatic ring is 1. The lowest BCUT2D eigenvalue weighted by Crippen LogP contribution is -2.22. The van der Waals surface area contributed by atoms with Crippen molar-refractivity contribution in [3.63, 3.8) is 0 Å². The second kappa shape index (κ2) is 5.92. The first kappa shape index (κ1) is 15.9. The van der Waals surface area contributed by atoms with Crippen LogP contribution in [0.1, 0.15) is 6.92 Å². The Morgan fingerprint density at radius 1 is 1.29 bits per heavy atom. The van der Waals surface area contributed by atoms with Crippen LogP contribution in [-0.4, -0.2) is 16.6 Å². The molecule has 0 amide bonds. The highest BCUT2D eigenvalue weighted by atomic mass is 19.1. The molecule has 0 bridgehead atoms. The van der Waals surface area contributed by atoms with E-state index in [4.69, 9.17) is 5.73 Å². The van der Waals surface area contributed by atoms with Gasteiger partial charge in [-0.1, -0.05) is 0 Å². The molecule has 0 radical (unpaired) electrons. The van der Waals surface area contributed by atoms with Gasteiger partial charge in [0, 0.05) is 31.2 Å². The standard InChI is InChI=1S/C17H16F2N4O/c1-3-23-13-7-14(21-2)22-8-9(13)6-10(17(23)24)15-11(18)4-5-12(20)16(15)19/h4-8H,3,20H2,1-2H3,(H,21,22). The van der Waals surface area contributed by atoms with E-state index in [0.29, 0.717) is 23.3 Å². The molecular formula is C17H16F2N4O. The summed E-state index contributed by atoms with van der Waals surface area (Å²) in [5, 5.41) is 3.50. The smallest absolute Gasteiger partial charge is 0.259 e. The summed E-state index contributed by atoms with van der Waals surface area (Å²) in [5.74, 6) is -1.17. The summed E-state index contributed by atoms with van der Waals surface area (Å²) < 4.78 is 30.0. The number of aryl methyl sites for hydroxylation is 1. The SMILES string of the molecule is CCn1c(=O)c(-c2c(F)ccc(N)c2F)cc2cnc(NC)cc21. The highest BCUT2D eigenvalue weighted by molar-refractivity contribution is 5.85. The minimum Gasteiger partial charge on any atom is -0.396 e. The Bertz CT molecular complexity index is 998. The van der Waals surface area contributed by atoms with Crippen LogP contribution < -0.4 is 16.6 Å². The number of fused-ring (bicyclic) bond motifs is 1. The maximum Gasteiger partial charge on any atom is 0.259 e. The fraction of sp³-hybridized carbons (Fsp3) is 0.176. The second-order valence-electron chi connectivity index (χ2n) is 5.31. The fourth-order valence-electron chi connectivity index (χ4n) is 2.72. The van der Waals surface area contributed by atoms with Crippen LogP contribution in [0.5, 0.6) is 0 Å². The van der Waals surface area contributed by atoms with Crippen molar-refractivity contribution in [2.24, 2.45) is 0 Å². The number of nitrogens with zero attached hydrogens (tertiary/aromatic N) is 2. The third kappa shape index (κ3) is 2.38. The van der Waals surface area contributed by atoms with Crippen molar-refractivity contribution in [2.45, 2.75) is 13.5 Å². The highest BCUT2D eigenvalue weighted by Gasteiger charge is 2.19. The molecule has 3 N–H and O–H groups in total. The Morgan fingerprint density at radius 3 is 2.71 bits per heavy atom. The Kier molecular flexibility index (Phi) is 3.92. The number of hydrogen-bond acceptors (Lipinski definition) is 4. The molecule has 1 aromatic carbocycles. The number of rotatable bonds is 3. The molecular weight excluding hydrogens is 314 g/mol. The van der Waals surface area contributed by atoms with E-state index in [9.17, 15) is 13.6 Å². The van der Waals surface area contributed by atoms with Gasteiger partial charge in [-0.05, 0) is 25.1 Å². The van der Waals surface area contributed by atoms with Gasteiger partial charge in [0.05, 0.1) is 22.3 Å². The molecule has 5 nitrogen and oxygen atoms in total. The number of aromatic nitrogens is 2. The van der Waals surface area contributed by atoms with Gasteiger partial charge in [0.15, 0.2) is 5.82 Å². The Hall–Kier alpha value is -2.96. The minimum absolute atomic E-state index is 0.0781. The van der Waals surface area contributed by atoms with Gasteiger partial charge >= 0.3 is 0 Å². The first-order chi connectivity index (χ1) is 11.5. The lowest BCUT2D eigenvalue weighted by atomic mass is 10.0. The average Bonchev–Trinajstić information content (AvgIpc) is 2.58. The number of nitrogens with two attached hydrogens (primary N) is 1. The van der Waals surface area contributed by atoms with Crippen molar-refractivity contribution >= 4 is 22.4 Å². The number of benzene rings is 1. The Balaban J connectivity index is 2.41. The van der Waals surface area contributed by atoms with Gasteiger partial charge in [0.1, 0.15) is 11.6 Å². The zero-order valence-electron chi connectivity index (χ0n) is 13.2. The molecule has 0 atom stereocenters. The maximum atomic E-state index is 14.3. The fourth-order valence-corrected chi connectivity index (χ4v) is 2.72. The maximum absolute atomic E-state index is 14.3. The van der Waals surface area contributed by atoms with Crippen LogP contribution in [-0.2, 0) is 6.54 Å². The van der Waals surface area contributed by atoms with E-state index in [0.717, 1.165) is 12.1 Å². The van der Waals surface area contributed by atoms with E-state index < -0.39 is 22.8 Å². The molecule has 24 heavy (non-hydrogen) atoms. The van der Waals surface area contributed by atoms with Crippen LogP contribution in [0.25, 0.3) is 22.0 Å². The van der Waals surface area contributed by atoms with Gasteiger partial charge in [-0.15, -0.1) is 0 Å². The number of pyridine rings is 2. The molecule has 3 rings (SSSR count). The summed E-state index contributed by atoms with van der Waals surface area (Å²) in [5.41, 5.74) is 4.97. The third-order valence-corrected chi connectivity index (χ3v) is 3.94. The Morgan fingerprint density at radius 2 is 2.04 bits per heavy atom. The summed E-state index contributed by atoms with van der Waals surface area (Å²) in [6.45, 7) is 2.14. The summed E-state index contributed by atoms with van der Waals surface area (Å²) in [6, 6.07) is 5.34. The summed E-state index contributed by atoms with van der Waals surface area (Å²) in [7, 11) is 1.72. The summed E-state index contributed by atoms with van der Waals surface area (Å²) in [4.78, 5) is 17.0. The molecule has 0 spiro atoms. The van der Waals surface area contributed by atoms with Gasteiger partial charge < -0.3 is 15.6 Å². The van der Waals surface area contributed by atoms with Gasteiger partial charge in [-0.3, -0.25) is 4.79 Å². The van der Waals surface area contributed by atoms with Gasteiger partial charge in [-0.2, -0.15) is 0 Å². The van der Waals surface area contributed by atoms with Crippen molar-refractivity contribution in [2.75, 3.05) is 18.1 Å². The molecule has 2 heterocycles. The molecule has 0 saturated heterocycles. The van der Waals surface area contributed by atoms with E-state index in [1.54, 1.807) is 26.2 Å². The van der Waals surface area contributed by atoms with E-state index in [1.165, 1.54) is 10.6 Å². The van der Waals surface area contributed by atoms with Gasteiger partial charge in [0.2, 0.25) is 0 Å². The normalized spacial score (nSPS) is 11.0. The monoisotopic (exact) mass is 330 g/mol. The molecule has 7 heteroatoms. The molecule has 0 saturated carbocycles. The first-order valence-corrected chi connectivity index (χ1v) is 7.43. The molecule has 0 aliphatic heterocycles. The van der Waals surface area contributed by atoms with E-state index in [-0.39, 0.29) is 11.3 Å². The highest BCUT2D eigenvalue weighted by Crippen LogP contribution is 2.29. The van der Waals surface area contributed by atoms with Crippen molar-refractivity contribution in [3.8, 4) is 11.1 Å². The minimum atomic E-state index is -0.936. The molecule has 3 aromatic rings. The van der Waals surface area contributed by atoms with E-state index >= 15 is 0 Å². The second-order valence-corrected chi connectivity index (χ2v) is 5.31. The van der Waals surface area contributed by atoms with Crippen LogP contribution in [0.4, 0.5) is 20.3 Å². The van der Waals surface area contributed by atoms with E-state index in [2.05, 4.69) is 10.3 Å². The zero-order chi connectivity index (χ0) is 17.4. The van der Waals surface area contributed by atoms with Gasteiger partial charge in [-0.25, -0.2) is 13.8 Å². The van der Waals surface area contributed by atoms with Crippen LogP contribution >= 0.6 is 0 Å². The van der Waals surface area contributed by atoms with E-state index in [1.807, 2.05) is 0 Å². The topological polar surface area (TPSA) is 72.9 Å². The summed E-state index contributed by atoms with van der Waals surface area (Å²) in [6.07, 6.45) is 1.55. The zero-order valence-corrected chi connectivity index (χ0v) is 13.2. The average molecular weight is 330 g/mol. The largest absolute Gasteiger partial charge is 0.396 e. The van der Waals surface area contributed by atoms with Gasteiger partial charge in [0.25, 0.3) is 5.56 Å². The van der Waals surface area contributed by atoms with Crippen molar-refractivity contribution < 1.29 is 8.78 Å². The summed E-state index contributed by atoms with van der Waals surface area (Å²) >= 11 is 0. The predicted molar refractivity (Wildman–Crippen MR) is 91.0 cm³/mol. The number of halogens is 2. The molecule has 0 fully saturated rings. The number of anilines is 2. The van der Waals surface area contributed by atoms with Crippen LogP contribution in [0.3, 0.4) is 0 Å². The van der Waals surface area contributed by atoms with Crippen LogP contribution in [0.2, 0.25) is 0 Å². The molecule has 2 aromatic heterocycles. The molecule has 0 unspecified atom stereocenters.